The highest BCUT2D eigenvalue weighted by Crippen LogP contribution is 2.44. The molecule has 4 rings (SSSR count). The topological polar surface area (TPSA) is 118 Å². The molecule has 0 atom stereocenters. The summed E-state index contributed by atoms with van der Waals surface area (Å²) in [7, 11) is 0. The van der Waals surface area contributed by atoms with Crippen molar-refractivity contribution in [3.63, 3.8) is 0 Å². The van der Waals surface area contributed by atoms with E-state index in [1.807, 2.05) is 24.3 Å². The number of carbonyl (C=O) groups excluding carboxylic acids is 2. The highest BCUT2D eigenvalue weighted by molar-refractivity contribution is 7.15. The van der Waals surface area contributed by atoms with E-state index in [-0.39, 0.29) is 31.4 Å². The second-order valence-corrected chi connectivity index (χ2v) is 8.74. The van der Waals surface area contributed by atoms with Gasteiger partial charge in [-0.3, -0.25) is 10.1 Å². The minimum Gasteiger partial charge on any atom is -0.478 e. The zero-order chi connectivity index (χ0) is 23.9. The molecule has 8 nitrogen and oxygen atoms in total. The van der Waals surface area contributed by atoms with Crippen LogP contribution in [0.3, 0.4) is 0 Å². The lowest BCUT2D eigenvalue weighted by atomic mass is 9.98. The van der Waals surface area contributed by atoms with Gasteiger partial charge in [0, 0.05) is 36.0 Å². The van der Waals surface area contributed by atoms with Crippen LogP contribution in [0.5, 0.6) is 0 Å². The lowest BCUT2D eigenvalue weighted by molar-refractivity contribution is -0.131. The zero-order valence-electron chi connectivity index (χ0n) is 18.2. The Balaban J connectivity index is 1.26. The molecule has 9 heteroatoms. The fourth-order valence-electron chi connectivity index (χ4n) is 3.86. The molecule has 1 aliphatic rings. The number of anilines is 1. The van der Waals surface area contributed by atoms with Gasteiger partial charge in [0.05, 0.1) is 0 Å². The summed E-state index contributed by atoms with van der Waals surface area (Å²) in [5, 5.41) is 14.2. The molecule has 0 spiro atoms. The summed E-state index contributed by atoms with van der Waals surface area (Å²) in [4.78, 5) is 39.6. The number of nitrogens with zero attached hydrogens (tertiary/aromatic N) is 1. The number of benzene rings is 2. The molecule has 1 aliphatic carbocycles. The Morgan fingerprint density at radius 1 is 1.06 bits per heavy atom. The summed E-state index contributed by atoms with van der Waals surface area (Å²) in [5.41, 5.74) is 4.62. The minimum atomic E-state index is -1.06. The van der Waals surface area contributed by atoms with Crippen LogP contribution in [0.2, 0.25) is 0 Å². The number of amides is 2. The van der Waals surface area contributed by atoms with Crippen molar-refractivity contribution in [2.24, 2.45) is 0 Å². The van der Waals surface area contributed by atoms with Crippen molar-refractivity contribution in [2.45, 2.75) is 18.8 Å². The van der Waals surface area contributed by atoms with Gasteiger partial charge in [-0.25, -0.2) is 14.6 Å². The molecular formula is C25H23N3O5S. The first-order valence-electron chi connectivity index (χ1n) is 10.7. The average Bonchev–Trinajstić information content (AvgIpc) is 3.41. The van der Waals surface area contributed by atoms with Gasteiger partial charge in [0.1, 0.15) is 6.61 Å². The number of fused-ring (bicyclic) bond motifs is 3. The Morgan fingerprint density at radius 2 is 1.74 bits per heavy atom. The van der Waals surface area contributed by atoms with Crippen molar-refractivity contribution in [1.82, 2.24) is 10.3 Å². The number of aliphatic carboxylic acids is 1. The SMILES string of the molecule is O=C(O)/C=C/CNC(=O)CCc1cnc(NC(=O)OCC2c3ccccc3-c3ccccc32)s1. The molecule has 3 aromatic rings. The molecule has 174 valence electrons. The molecule has 0 saturated heterocycles. The number of hydrogen-bond acceptors (Lipinski definition) is 6. The molecule has 2 amide bonds. The average molecular weight is 478 g/mol. The van der Waals surface area contributed by atoms with E-state index in [0.717, 1.165) is 22.1 Å². The number of thiazole rings is 1. The van der Waals surface area contributed by atoms with Crippen molar-refractivity contribution in [1.29, 1.82) is 0 Å². The van der Waals surface area contributed by atoms with Crippen LogP contribution in [0, 0.1) is 0 Å². The van der Waals surface area contributed by atoms with Gasteiger partial charge < -0.3 is 15.2 Å². The van der Waals surface area contributed by atoms with E-state index in [1.54, 1.807) is 6.20 Å². The predicted octanol–water partition coefficient (Wildman–Crippen LogP) is 4.19. The summed E-state index contributed by atoms with van der Waals surface area (Å²) in [5.74, 6) is -1.28. The van der Waals surface area contributed by atoms with Gasteiger partial charge in [0.15, 0.2) is 5.13 Å². The number of nitrogens with one attached hydrogen (secondary N) is 2. The monoisotopic (exact) mass is 477 g/mol. The largest absolute Gasteiger partial charge is 0.478 e. The molecular weight excluding hydrogens is 454 g/mol. The fraction of sp³-hybridized carbons (Fsp3) is 0.200. The lowest BCUT2D eigenvalue weighted by Crippen LogP contribution is -2.23. The third kappa shape index (κ3) is 5.68. The van der Waals surface area contributed by atoms with Crippen LogP contribution in [0.1, 0.15) is 28.3 Å². The molecule has 0 fully saturated rings. The van der Waals surface area contributed by atoms with Crippen molar-refractivity contribution in [3.8, 4) is 11.1 Å². The van der Waals surface area contributed by atoms with E-state index in [4.69, 9.17) is 9.84 Å². The number of hydrogen-bond donors (Lipinski definition) is 3. The van der Waals surface area contributed by atoms with E-state index < -0.39 is 12.1 Å². The maximum atomic E-state index is 12.4. The maximum Gasteiger partial charge on any atom is 0.413 e. The van der Waals surface area contributed by atoms with Crippen molar-refractivity contribution in [3.05, 3.63) is 82.9 Å². The minimum absolute atomic E-state index is 0.0196. The Bertz CT molecular complexity index is 1190. The van der Waals surface area contributed by atoms with Gasteiger partial charge in [0.2, 0.25) is 5.91 Å². The summed E-state index contributed by atoms with van der Waals surface area (Å²) >= 11 is 1.28. The standard InChI is InChI=1S/C25H23N3O5S/c29-22(26-13-5-10-23(30)31)12-11-16-14-27-24(34-16)28-25(32)33-15-21-19-8-3-1-6-17(19)18-7-2-4-9-20(18)21/h1-10,14,21H,11-13,15H2,(H,26,29)(H,30,31)(H,27,28,32)/b10-5+. The molecule has 0 saturated carbocycles. The molecule has 34 heavy (non-hydrogen) atoms. The van der Waals surface area contributed by atoms with Crippen LogP contribution in [0.4, 0.5) is 9.93 Å². The van der Waals surface area contributed by atoms with Crippen LogP contribution in [-0.4, -0.2) is 41.2 Å². The summed E-state index contributed by atoms with van der Waals surface area (Å²) in [6, 6.07) is 16.3. The molecule has 3 N–H and O–H groups in total. The predicted molar refractivity (Wildman–Crippen MR) is 129 cm³/mol. The van der Waals surface area contributed by atoms with Gasteiger partial charge >= 0.3 is 12.1 Å². The number of rotatable bonds is 9. The van der Waals surface area contributed by atoms with E-state index in [2.05, 4.69) is 39.9 Å². The van der Waals surface area contributed by atoms with Crippen LogP contribution in [0.15, 0.2) is 66.9 Å². The molecule has 0 aliphatic heterocycles. The first kappa shape index (κ1) is 23.2. The quantitative estimate of drug-likeness (QED) is 0.398. The van der Waals surface area contributed by atoms with Crippen molar-refractivity contribution < 1.29 is 24.2 Å². The Labute approximate surface area is 200 Å². The number of carboxylic acids is 1. The Morgan fingerprint density at radius 3 is 2.41 bits per heavy atom. The Hall–Kier alpha value is -3.98. The second-order valence-electron chi connectivity index (χ2n) is 7.63. The molecule has 2 aromatic carbocycles. The van der Waals surface area contributed by atoms with E-state index in [0.29, 0.717) is 11.6 Å². The number of ether oxygens (including phenoxy) is 1. The third-order valence-electron chi connectivity index (χ3n) is 5.38. The number of carboxylic acid groups (broad SMARTS) is 1. The Kier molecular flexibility index (Phi) is 7.34. The van der Waals surface area contributed by atoms with Crippen LogP contribution >= 0.6 is 11.3 Å². The normalized spacial score (nSPS) is 12.2. The molecule has 1 heterocycles. The van der Waals surface area contributed by atoms with E-state index in [1.165, 1.54) is 28.5 Å². The summed E-state index contributed by atoms with van der Waals surface area (Å²) < 4.78 is 5.53. The first-order chi connectivity index (χ1) is 16.5. The third-order valence-corrected chi connectivity index (χ3v) is 6.35. The fourth-order valence-corrected chi connectivity index (χ4v) is 4.66. The highest BCUT2D eigenvalue weighted by atomic mass is 32.1. The smallest absolute Gasteiger partial charge is 0.413 e. The van der Waals surface area contributed by atoms with Crippen LogP contribution in [0.25, 0.3) is 11.1 Å². The molecule has 0 radical (unpaired) electrons. The number of carbonyl (C=O) groups is 3. The van der Waals surface area contributed by atoms with Gasteiger partial charge in [-0.05, 0) is 28.7 Å². The van der Waals surface area contributed by atoms with Crippen molar-refractivity contribution in [2.75, 3.05) is 18.5 Å². The summed E-state index contributed by atoms with van der Waals surface area (Å²) in [6.45, 7) is 0.372. The van der Waals surface area contributed by atoms with E-state index >= 15 is 0 Å². The number of aryl methyl sites for hydroxylation is 1. The maximum absolute atomic E-state index is 12.4. The van der Waals surface area contributed by atoms with E-state index in [9.17, 15) is 14.4 Å². The lowest BCUT2D eigenvalue weighted by Gasteiger charge is -2.14. The van der Waals surface area contributed by atoms with Crippen LogP contribution < -0.4 is 10.6 Å². The molecule has 0 unspecified atom stereocenters. The first-order valence-corrected chi connectivity index (χ1v) is 11.6. The van der Waals surface area contributed by atoms with Gasteiger partial charge in [-0.1, -0.05) is 54.6 Å². The van der Waals surface area contributed by atoms with Gasteiger partial charge in [0.25, 0.3) is 0 Å². The zero-order valence-corrected chi connectivity index (χ0v) is 19.0. The number of aromatic nitrogens is 1. The van der Waals surface area contributed by atoms with Crippen LogP contribution in [-0.2, 0) is 20.7 Å². The second kappa shape index (κ2) is 10.8. The van der Waals surface area contributed by atoms with Crippen molar-refractivity contribution >= 4 is 34.4 Å². The summed E-state index contributed by atoms with van der Waals surface area (Å²) in [6.07, 6.45) is 4.06. The molecule has 0 bridgehead atoms. The van der Waals surface area contributed by atoms with Gasteiger partial charge in [-0.15, -0.1) is 11.3 Å². The highest BCUT2D eigenvalue weighted by Gasteiger charge is 2.29. The van der Waals surface area contributed by atoms with Gasteiger partial charge in [-0.2, -0.15) is 0 Å². The molecule has 1 aromatic heterocycles.